The van der Waals surface area contributed by atoms with Crippen LogP contribution in [0.4, 0.5) is 11.6 Å². The smallest absolute Gasteiger partial charge is 0.284 e. The minimum atomic E-state index is -3.71. The number of hydrogen-bond acceptors (Lipinski definition) is 6. The highest BCUT2D eigenvalue weighted by Gasteiger charge is 2.33. The Morgan fingerprint density at radius 2 is 1.61 bits per heavy atom. The molecule has 0 bridgehead atoms. The van der Waals surface area contributed by atoms with Crippen LogP contribution in [-0.4, -0.2) is 66.0 Å². The van der Waals surface area contributed by atoms with E-state index in [-0.39, 0.29) is 5.16 Å². The first-order valence-electron chi connectivity index (χ1n) is 11.1. The number of fused-ring (bicyclic) bond motifs is 2. The molecule has 0 unspecified atom stereocenters. The Labute approximate surface area is 188 Å². The zero-order chi connectivity index (χ0) is 21.8. The third-order valence-electron chi connectivity index (χ3n) is 7.00. The molecule has 0 atom stereocenters. The van der Waals surface area contributed by atoms with Gasteiger partial charge in [-0.1, -0.05) is 11.6 Å². The largest absolute Gasteiger partial charge is 0.324 e. The molecule has 5 rings (SSSR count). The molecule has 1 saturated heterocycles. The Morgan fingerprint density at radius 1 is 1.03 bits per heavy atom. The molecule has 0 saturated carbocycles. The lowest BCUT2D eigenvalue weighted by Crippen LogP contribution is -2.44. The molecular weight excluding hydrogens is 436 g/mol. The Bertz CT molecular complexity index is 1070. The fourth-order valence-electron chi connectivity index (χ4n) is 5.29. The second-order valence-electron chi connectivity index (χ2n) is 9.00. The summed E-state index contributed by atoms with van der Waals surface area (Å²) in [5.41, 5.74) is 6.02. The van der Waals surface area contributed by atoms with Gasteiger partial charge in [-0.05, 0) is 87.7 Å². The summed E-state index contributed by atoms with van der Waals surface area (Å²) in [6.07, 6.45) is 7.74. The zero-order valence-corrected chi connectivity index (χ0v) is 19.6. The molecule has 31 heavy (non-hydrogen) atoms. The fraction of sp³-hybridized carbons (Fsp3) is 0.619. The third-order valence-corrected chi connectivity index (χ3v) is 9.15. The second-order valence-corrected chi connectivity index (χ2v) is 11.2. The van der Waals surface area contributed by atoms with Gasteiger partial charge in [0.1, 0.15) is 0 Å². The van der Waals surface area contributed by atoms with Crippen molar-refractivity contribution in [3.8, 4) is 0 Å². The van der Waals surface area contributed by atoms with E-state index in [2.05, 4.69) is 25.4 Å². The van der Waals surface area contributed by atoms with Gasteiger partial charge in [0.05, 0.1) is 0 Å². The lowest BCUT2D eigenvalue weighted by Gasteiger charge is -2.33. The maximum Gasteiger partial charge on any atom is 0.284 e. The first kappa shape index (κ1) is 21.2. The Balaban J connectivity index is 1.39. The molecule has 168 valence electrons. The lowest BCUT2D eigenvalue weighted by molar-refractivity contribution is 0.196. The topological polar surface area (TPSA) is 94.2 Å². The van der Waals surface area contributed by atoms with E-state index in [0.29, 0.717) is 25.1 Å². The van der Waals surface area contributed by atoms with Crippen LogP contribution in [0.5, 0.6) is 0 Å². The molecule has 1 fully saturated rings. The third kappa shape index (κ3) is 3.65. The van der Waals surface area contributed by atoms with Gasteiger partial charge in [0, 0.05) is 29.8 Å². The molecule has 2 heterocycles. The Morgan fingerprint density at radius 3 is 2.19 bits per heavy atom. The Kier molecular flexibility index (Phi) is 5.48. The van der Waals surface area contributed by atoms with Crippen molar-refractivity contribution in [3.63, 3.8) is 0 Å². The van der Waals surface area contributed by atoms with Crippen molar-refractivity contribution in [2.75, 3.05) is 32.5 Å². The normalized spacial score (nSPS) is 19.7. The number of hydrogen-bond donors (Lipinski definition) is 2. The maximum absolute atomic E-state index is 13.1. The van der Waals surface area contributed by atoms with E-state index < -0.39 is 10.0 Å². The highest BCUT2D eigenvalue weighted by atomic mass is 35.5. The van der Waals surface area contributed by atoms with Crippen molar-refractivity contribution < 1.29 is 8.42 Å². The minimum Gasteiger partial charge on any atom is -0.324 e. The molecule has 1 aliphatic heterocycles. The van der Waals surface area contributed by atoms with Gasteiger partial charge in [-0.2, -0.15) is 9.29 Å². The van der Waals surface area contributed by atoms with Crippen molar-refractivity contribution in [2.45, 2.75) is 62.6 Å². The molecule has 2 N–H and O–H groups in total. The number of piperidine rings is 1. The fourth-order valence-corrected chi connectivity index (χ4v) is 7.00. The number of sulfonamides is 1. The molecule has 2 aromatic rings. The number of halogens is 1. The van der Waals surface area contributed by atoms with Crippen LogP contribution in [0.1, 0.15) is 47.9 Å². The van der Waals surface area contributed by atoms with Crippen LogP contribution in [0, 0.1) is 0 Å². The molecule has 3 aliphatic rings. The highest BCUT2D eigenvalue weighted by molar-refractivity contribution is 7.88. The number of aromatic amines is 1. The molecule has 1 aromatic heterocycles. The molecule has 0 spiro atoms. The summed E-state index contributed by atoms with van der Waals surface area (Å²) in [6, 6.07) is 0.407. The van der Waals surface area contributed by atoms with Crippen LogP contribution in [0.15, 0.2) is 5.16 Å². The number of nitrogens with zero attached hydrogens (tertiary/aromatic N) is 4. The van der Waals surface area contributed by atoms with Crippen molar-refractivity contribution in [2.24, 2.45) is 0 Å². The van der Waals surface area contributed by atoms with Gasteiger partial charge in [0.2, 0.25) is 5.95 Å². The number of anilines is 2. The van der Waals surface area contributed by atoms with Gasteiger partial charge < -0.3 is 10.2 Å². The average Bonchev–Trinajstić information content (AvgIpc) is 3.51. The van der Waals surface area contributed by atoms with Gasteiger partial charge >= 0.3 is 0 Å². The van der Waals surface area contributed by atoms with E-state index in [1.807, 2.05) is 14.1 Å². The van der Waals surface area contributed by atoms with Crippen LogP contribution in [-0.2, 0) is 35.7 Å². The summed E-state index contributed by atoms with van der Waals surface area (Å²) in [5, 5.41) is 11.0. The van der Waals surface area contributed by atoms with Gasteiger partial charge in [-0.3, -0.25) is 0 Å². The number of rotatable bonds is 5. The Hall–Kier alpha value is -1.68. The molecule has 2 aliphatic carbocycles. The maximum atomic E-state index is 13.1. The van der Waals surface area contributed by atoms with Crippen molar-refractivity contribution in [1.82, 2.24) is 24.4 Å². The number of aromatic nitrogens is 3. The van der Waals surface area contributed by atoms with E-state index in [9.17, 15) is 8.42 Å². The molecule has 0 amide bonds. The monoisotopic (exact) mass is 464 g/mol. The molecule has 10 heteroatoms. The summed E-state index contributed by atoms with van der Waals surface area (Å²) in [7, 11) is 0.356. The predicted molar refractivity (Wildman–Crippen MR) is 121 cm³/mol. The summed E-state index contributed by atoms with van der Waals surface area (Å²) < 4.78 is 27.6. The summed E-state index contributed by atoms with van der Waals surface area (Å²) in [6.45, 7) is 0.974. The molecular formula is C21H29ClN6O2S. The van der Waals surface area contributed by atoms with Gasteiger partial charge in [-0.15, -0.1) is 5.10 Å². The zero-order valence-electron chi connectivity index (χ0n) is 18.0. The number of benzene rings is 1. The van der Waals surface area contributed by atoms with Crippen LogP contribution in [0.3, 0.4) is 0 Å². The molecule has 1 aromatic carbocycles. The van der Waals surface area contributed by atoms with Crippen LogP contribution >= 0.6 is 11.6 Å². The SMILES string of the molecule is CN(C)C1CCN(S(=O)(=O)c2n[nH]c(Nc3c4c(c(Cl)c5c3CCC5)CCC4)n2)CC1. The predicted octanol–water partition coefficient (Wildman–Crippen LogP) is 2.89. The van der Waals surface area contributed by atoms with Crippen molar-refractivity contribution >= 4 is 33.3 Å². The minimum absolute atomic E-state index is 0.166. The van der Waals surface area contributed by atoms with Crippen molar-refractivity contribution in [1.29, 1.82) is 0 Å². The number of H-pyrrole nitrogens is 1. The lowest BCUT2D eigenvalue weighted by atomic mass is 9.98. The summed E-state index contributed by atoms with van der Waals surface area (Å²) in [4.78, 5) is 6.48. The van der Waals surface area contributed by atoms with Crippen LogP contribution in [0.2, 0.25) is 5.02 Å². The first-order chi connectivity index (χ1) is 14.9. The van der Waals surface area contributed by atoms with E-state index in [1.54, 1.807) is 0 Å². The quantitative estimate of drug-likeness (QED) is 0.706. The second kappa shape index (κ2) is 8.03. The van der Waals surface area contributed by atoms with Crippen molar-refractivity contribution in [3.05, 3.63) is 27.3 Å². The van der Waals surface area contributed by atoms with E-state index in [1.165, 1.54) is 26.6 Å². The average molecular weight is 465 g/mol. The molecule has 8 nitrogen and oxygen atoms in total. The van der Waals surface area contributed by atoms with E-state index in [4.69, 9.17) is 11.6 Å². The van der Waals surface area contributed by atoms with Gasteiger partial charge in [0.15, 0.2) is 0 Å². The first-order valence-corrected chi connectivity index (χ1v) is 12.9. The van der Waals surface area contributed by atoms with Gasteiger partial charge in [-0.25, -0.2) is 13.5 Å². The molecule has 0 radical (unpaired) electrons. The highest BCUT2D eigenvalue weighted by Crippen LogP contribution is 2.44. The summed E-state index contributed by atoms with van der Waals surface area (Å²) in [5.74, 6) is 0.368. The summed E-state index contributed by atoms with van der Waals surface area (Å²) >= 11 is 6.70. The standard InChI is InChI=1S/C21H29ClN6O2S/c1-27(2)13-9-11-28(12-10-13)31(29,30)21-24-20(25-26-21)23-19-16-7-3-5-14(16)18(22)15-6-4-8-17(15)19/h13H,3-12H2,1-2H3,(H2,23,24,25,26). The van der Waals surface area contributed by atoms with Crippen LogP contribution < -0.4 is 5.32 Å². The van der Waals surface area contributed by atoms with Gasteiger partial charge in [0.25, 0.3) is 15.2 Å². The van der Waals surface area contributed by atoms with E-state index >= 15 is 0 Å². The van der Waals surface area contributed by atoms with E-state index in [0.717, 1.165) is 62.1 Å². The van der Waals surface area contributed by atoms with Crippen LogP contribution in [0.25, 0.3) is 0 Å². The number of nitrogens with one attached hydrogen (secondary N) is 2.